The number of hydrogen-bond donors (Lipinski definition) is 2. The molecule has 1 aromatic rings. The van der Waals surface area contributed by atoms with E-state index in [0.717, 1.165) is 0 Å². The summed E-state index contributed by atoms with van der Waals surface area (Å²) in [6.07, 6.45) is 1.48. The van der Waals surface area contributed by atoms with Gasteiger partial charge in [-0.25, -0.2) is 9.59 Å². The van der Waals surface area contributed by atoms with Gasteiger partial charge in [-0.15, -0.1) is 0 Å². The lowest BCUT2D eigenvalue weighted by molar-refractivity contribution is -0.142. The maximum absolute atomic E-state index is 11.5. The van der Waals surface area contributed by atoms with E-state index in [2.05, 4.69) is 31.3 Å². The minimum absolute atomic E-state index is 0.112. The number of methoxy groups -OCH3 is 2. The summed E-state index contributed by atoms with van der Waals surface area (Å²) in [7, 11) is 2.70. The minimum Gasteiger partial charge on any atom is -0.493 e. The van der Waals surface area contributed by atoms with E-state index in [0.29, 0.717) is 21.5 Å². The standard InChI is InChI=1S/C14H13BrN2O6/c1-21-10-4-7(3-9-13(19)17-14(20)16-9)8(15)5-11(10)23-6-12(18)22-2/h3-5H,6H2,1-2H3,(H2,16,17,19,20). The number of urea groups is 1. The average Bonchev–Trinajstić information content (AvgIpc) is 2.84. The molecular formula is C14H13BrN2O6. The van der Waals surface area contributed by atoms with E-state index in [1.165, 1.54) is 20.3 Å². The second-order valence-corrected chi connectivity index (χ2v) is 5.21. The lowest BCUT2D eigenvalue weighted by Crippen LogP contribution is -2.22. The van der Waals surface area contributed by atoms with Crippen molar-refractivity contribution in [1.82, 2.24) is 10.6 Å². The van der Waals surface area contributed by atoms with E-state index in [1.807, 2.05) is 0 Å². The van der Waals surface area contributed by atoms with Crippen LogP contribution in [0.3, 0.4) is 0 Å². The summed E-state index contributed by atoms with van der Waals surface area (Å²) in [5, 5.41) is 4.49. The molecule has 0 atom stereocenters. The summed E-state index contributed by atoms with van der Waals surface area (Å²) in [5.74, 6) is -0.368. The molecule has 1 saturated heterocycles. The van der Waals surface area contributed by atoms with Gasteiger partial charge in [0.05, 0.1) is 14.2 Å². The molecule has 2 rings (SSSR count). The van der Waals surface area contributed by atoms with Crippen molar-refractivity contribution in [2.24, 2.45) is 0 Å². The zero-order chi connectivity index (χ0) is 17.0. The van der Waals surface area contributed by atoms with Crippen LogP contribution in [0.15, 0.2) is 22.3 Å². The first-order valence-electron chi connectivity index (χ1n) is 6.35. The average molecular weight is 385 g/mol. The lowest BCUT2D eigenvalue weighted by Gasteiger charge is -2.12. The van der Waals surface area contributed by atoms with Crippen molar-refractivity contribution in [2.45, 2.75) is 0 Å². The fourth-order valence-electron chi connectivity index (χ4n) is 1.77. The number of carbonyl (C=O) groups is 3. The van der Waals surface area contributed by atoms with Crippen molar-refractivity contribution in [1.29, 1.82) is 0 Å². The second kappa shape index (κ2) is 7.14. The van der Waals surface area contributed by atoms with E-state index in [4.69, 9.17) is 9.47 Å². The van der Waals surface area contributed by atoms with Gasteiger partial charge < -0.3 is 19.5 Å². The number of ether oxygens (including phenoxy) is 3. The molecule has 1 fully saturated rings. The molecule has 1 heterocycles. The molecule has 9 heteroatoms. The van der Waals surface area contributed by atoms with E-state index < -0.39 is 17.9 Å². The van der Waals surface area contributed by atoms with Crippen molar-refractivity contribution < 1.29 is 28.6 Å². The Balaban J connectivity index is 2.29. The Kier molecular flexibility index (Phi) is 5.22. The number of nitrogens with one attached hydrogen (secondary N) is 2. The van der Waals surface area contributed by atoms with Gasteiger partial charge in [-0.05, 0) is 23.8 Å². The number of carbonyl (C=O) groups excluding carboxylic acids is 3. The van der Waals surface area contributed by atoms with Gasteiger partial charge in [-0.3, -0.25) is 10.1 Å². The molecule has 8 nitrogen and oxygen atoms in total. The first-order valence-corrected chi connectivity index (χ1v) is 7.15. The highest BCUT2D eigenvalue weighted by atomic mass is 79.9. The molecule has 23 heavy (non-hydrogen) atoms. The van der Waals surface area contributed by atoms with Gasteiger partial charge in [0, 0.05) is 4.47 Å². The SMILES string of the molecule is COC(=O)COc1cc(Br)c(C=C2NC(=O)NC2=O)cc1OC. The molecule has 0 aromatic heterocycles. The van der Waals surface area contributed by atoms with E-state index in [9.17, 15) is 14.4 Å². The monoisotopic (exact) mass is 384 g/mol. The Labute approximate surface area is 139 Å². The van der Waals surface area contributed by atoms with Gasteiger partial charge in [0.25, 0.3) is 5.91 Å². The second-order valence-electron chi connectivity index (χ2n) is 4.36. The van der Waals surface area contributed by atoms with Crippen LogP contribution in [0.4, 0.5) is 4.79 Å². The van der Waals surface area contributed by atoms with E-state index in [-0.39, 0.29) is 12.3 Å². The van der Waals surface area contributed by atoms with Crippen LogP contribution in [-0.4, -0.2) is 38.7 Å². The van der Waals surface area contributed by atoms with Crippen molar-refractivity contribution in [3.63, 3.8) is 0 Å². The number of hydrogen-bond acceptors (Lipinski definition) is 6. The summed E-state index contributed by atoms with van der Waals surface area (Å²) in [5.41, 5.74) is 0.695. The van der Waals surface area contributed by atoms with Crippen LogP contribution in [0.2, 0.25) is 0 Å². The predicted octanol–water partition coefficient (Wildman–Crippen LogP) is 1.19. The van der Waals surface area contributed by atoms with Crippen molar-refractivity contribution in [3.05, 3.63) is 27.9 Å². The van der Waals surface area contributed by atoms with Crippen molar-refractivity contribution in [2.75, 3.05) is 20.8 Å². The summed E-state index contributed by atoms with van der Waals surface area (Å²) in [6, 6.07) is 2.60. The van der Waals surface area contributed by atoms with Gasteiger partial charge in [0.2, 0.25) is 0 Å². The zero-order valence-electron chi connectivity index (χ0n) is 12.3. The maximum Gasteiger partial charge on any atom is 0.343 e. The Bertz CT molecular complexity index is 701. The van der Waals surface area contributed by atoms with Gasteiger partial charge in [-0.2, -0.15) is 0 Å². The van der Waals surface area contributed by atoms with Crippen LogP contribution in [0.1, 0.15) is 5.56 Å². The first-order chi connectivity index (χ1) is 10.9. The van der Waals surface area contributed by atoms with Gasteiger partial charge in [0.1, 0.15) is 5.70 Å². The molecule has 122 valence electrons. The number of imide groups is 1. The molecule has 1 aliphatic rings. The van der Waals surface area contributed by atoms with Crippen LogP contribution >= 0.6 is 15.9 Å². The molecule has 1 aromatic carbocycles. The predicted molar refractivity (Wildman–Crippen MR) is 82.9 cm³/mol. The quantitative estimate of drug-likeness (QED) is 0.449. The smallest absolute Gasteiger partial charge is 0.343 e. The van der Waals surface area contributed by atoms with E-state index in [1.54, 1.807) is 12.1 Å². The fraction of sp³-hybridized carbons (Fsp3) is 0.214. The highest BCUT2D eigenvalue weighted by molar-refractivity contribution is 9.10. The van der Waals surface area contributed by atoms with Crippen LogP contribution in [0, 0.1) is 0 Å². The molecular weight excluding hydrogens is 372 g/mol. The van der Waals surface area contributed by atoms with E-state index >= 15 is 0 Å². The molecule has 2 N–H and O–H groups in total. The maximum atomic E-state index is 11.5. The fourth-order valence-corrected chi connectivity index (χ4v) is 2.20. The van der Waals surface area contributed by atoms with Gasteiger partial charge in [0.15, 0.2) is 18.1 Å². The van der Waals surface area contributed by atoms with Crippen molar-refractivity contribution >= 4 is 39.9 Å². The molecule has 0 spiro atoms. The number of benzene rings is 1. The highest BCUT2D eigenvalue weighted by Crippen LogP contribution is 2.34. The largest absolute Gasteiger partial charge is 0.493 e. The topological polar surface area (TPSA) is 103 Å². The van der Waals surface area contributed by atoms with Gasteiger partial charge >= 0.3 is 12.0 Å². The van der Waals surface area contributed by atoms with Gasteiger partial charge in [-0.1, -0.05) is 15.9 Å². The molecule has 0 aliphatic carbocycles. The summed E-state index contributed by atoms with van der Waals surface area (Å²) in [6.45, 7) is -0.266. The Morgan fingerprint density at radius 3 is 2.52 bits per heavy atom. The number of amides is 3. The highest BCUT2D eigenvalue weighted by Gasteiger charge is 2.23. The minimum atomic E-state index is -0.581. The van der Waals surface area contributed by atoms with Crippen LogP contribution in [0.25, 0.3) is 6.08 Å². The molecule has 1 aliphatic heterocycles. The third-order valence-electron chi connectivity index (χ3n) is 2.88. The number of halogens is 1. The normalized spacial score (nSPS) is 15.2. The molecule has 3 amide bonds. The Morgan fingerprint density at radius 1 is 1.22 bits per heavy atom. The zero-order valence-corrected chi connectivity index (χ0v) is 13.9. The molecule has 0 radical (unpaired) electrons. The third-order valence-corrected chi connectivity index (χ3v) is 3.56. The van der Waals surface area contributed by atoms with Crippen LogP contribution in [0.5, 0.6) is 11.5 Å². The van der Waals surface area contributed by atoms with Crippen LogP contribution < -0.4 is 20.1 Å². The molecule has 0 saturated carbocycles. The number of esters is 1. The molecule has 0 bridgehead atoms. The molecule has 0 unspecified atom stereocenters. The summed E-state index contributed by atoms with van der Waals surface area (Å²) < 4.78 is 15.6. The van der Waals surface area contributed by atoms with Crippen molar-refractivity contribution in [3.8, 4) is 11.5 Å². The van der Waals surface area contributed by atoms with Crippen LogP contribution in [-0.2, 0) is 14.3 Å². The summed E-state index contributed by atoms with van der Waals surface area (Å²) in [4.78, 5) is 33.8. The Hall–Kier alpha value is -2.55. The Morgan fingerprint density at radius 2 is 1.96 bits per heavy atom. The third kappa shape index (κ3) is 4.01. The summed E-state index contributed by atoms with van der Waals surface area (Å²) >= 11 is 3.34. The lowest BCUT2D eigenvalue weighted by atomic mass is 10.1. The first kappa shape index (κ1) is 16.8. The number of rotatable bonds is 5.